The lowest BCUT2D eigenvalue weighted by atomic mass is 9.96. The molecular formula is C21H21F2N3O5. The number of aromatic nitrogens is 1. The first-order valence-electron chi connectivity index (χ1n) is 9.76. The number of carbonyl (C=O) groups is 2. The fourth-order valence-corrected chi connectivity index (χ4v) is 4.14. The topological polar surface area (TPSA) is 101 Å². The molecular weight excluding hydrogens is 412 g/mol. The van der Waals surface area contributed by atoms with Gasteiger partial charge in [-0.3, -0.25) is 14.4 Å². The van der Waals surface area contributed by atoms with Gasteiger partial charge in [0.25, 0.3) is 11.8 Å². The molecule has 0 radical (unpaired) electrons. The summed E-state index contributed by atoms with van der Waals surface area (Å²) in [6.45, 7) is 1.75. The van der Waals surface area contributed by atoms with Crippen LogP contribution in [0.3, 0.4) is 0 Å². The van der Waals surface area contributed by atoms with Gasteiger partial charge >= 0.3 is 0 Å². The molecule has 0 bridgehead atoms. The summed E-state index contributed by atoms with van der Waals surface area (Å²) in [5.41, 5.74) is -1.59. The zero-order valence-electron chi connectivity index (χ0n) is 16.9. The second-order valence-electron chi connectivity index (χ2n) is 7.78. The number of benzene rings is 1. The number of nitrogens with zero attached hydrogens (tertiary/aromatic N) is 2. The van der Waals surface area contributed by atoms with E-state index < -0.39 is 46.7 Å². The molecule has 2 amide bonds. The molecule has 1 aromatic carbocycles. The molecule has 0 saturated carbocycles. The lowest BCUT2D eigenvalue weighted by Gasteiger charge is -2.44. The average molecular weight is 433 g/mol. The number of hydrogen-bond acceptors (Lipinski definition) is 5. The lowest BCUT2D eigenvalue weighted by Crippen LogP contribution is -2.54. The van der Waals surface area contributed by atoms with Crippen molar-refractivity contribution in [2.24, 2.45) is 0 Å². The maximum atomic E-state index is 14.0. The normalized spacial score (nSPS) is 20.3. The van der Waals surface area contributed by atoms with Crippen LogP contribution in [-0.2, 0) is 11.3 Å². The van der Waals surface area contributed by atoms with Crippen molar-refractivity contribution in [1.29, 1.82) is 0 Å². The fourth-order valence-electron chi connectivity index (χ4n) is 4.14. The molecule has 164 valence electrons. The van der Waals surface area contributed by atoms with Crippen LogP contribution in [0.25, 0.3) is 0 Å². The molecule has 1 fully saturated rings. The highest BCUT2D eigenvalue weighted by Gasteiger charge is 2.42. The van der Waals surface area contributed by atoms with Crippen molar-refractivity contribution in [2.45, 2.75) is 32.0 Å². The zero-order chi connectivity index (χ0) is 22.4. The second-order valence-corrected chi connectivity index (χ2v) is 7.78. The van der Waals surface area contributed by atoms with E-state index in [1.807, 2.05) is 0 Å². The monoisotopic (exact) mass is 433 g/mol. The minimum atomic E-state index is -1.03. The highest BCUT2D eigenvalue weighted by molar-refractivity contribution is 5.99. The fraction of sp³-hybridized carbons (Fsp3) is 0.381. The lowest BCUT2D eigenvalue weighted by molar-refractivity contribution is -0.0115. The second kappa shape index (κ2) is 7.77. The molecule has 0 spiro atoms. The Hall–Kier alpha value is -3.27. The number of likely N-dealkylation sites (N-methyl/N-ethyl adjacent to an activating group) is 1. The Kier molecular flexibility index (Phi) is 5.26. The van der Waals surface area contributed by atoms with Crippen LogP contribution in [0, 0.1) is 18.6 Å². The van der Waals surface area contributed by atoms with E-state index in [1.54, 1.807) is 7.05 Å². The van der Waals surface area contributed by atoms with E-state index in [9.17, 15) is 28.3 Å². The summed E-state index contributed by atoms with van der Waals surface area (Å²) in [6, 6.07) is 1.66. The summed E-state index contributed by atoms with van der Waals surface area (Å²) in [4.78, 5) is 39.4. The number of pyridine rings is 1. The molecule has 31 heavy (non-hydrogen) atoms. The van der Waals surface area contributed by atoms with Gasteiger partial charge in [-0.1, -0.05) is 0 Å². The van der Waals surface area contributed by atoms with Gasteiger partial charge < -0.3 is 24.6 Å². The molecule has 0 aliphatic carbocycles. The molecule has 1 aromatic heterocycles. The van der Waals surface area contributed by atoms with Crippen molar-refractivity contribution < 1.29 is 28.2 Å². The molecule has 2 aliphatic rings. The quantitative estimate of drug-likeness (QED) is 0.764. The smallest absolute Gasteiger partial charge is 0.274 e. The maximum Gasteiger partial charge on any atom is 0.274 e. The Morgan fingerprint density at radius 3 is 2.61 bits per heavy atom. The van der Waals surface area contributed by atoms with Gasteiger partial charge in [-0.05, 0) is 31.0 Å². The Bertz CT molecular complexity index is 1120. The van der Waals surface area contributed by atoms with Crippen molar-refractivity contribution >= 4 is 11.8 Å². The molecule has 2 aromatic rings. The molecule has 1 saturated heterocycles. The van der Waals surface area contributed by atoms with Gasteiger partial charge in [-0.25, -0.2) is 8.78 Å². The van der Waals surface area contributed by atoms with E-state index in [0.29, 0.717) is 18.6 Å². The molecule has 0 unspecified atom stereocenters. The Morgan fingerprint density at radius 1 is 1.26 bits per heavy atom. The van der Waals surface area contributed by atoms with E-state index in [-0.39, 0.29) is 29.9 Å². The largest absolute Gasteiger partial charge is 0.503 e. The number of hydrogen-bond donors (Lipinski definition) is 2. The molecule has 2 atom stereocenters. The van der Waals surface area contributed by atoms with E-state index in [1.165, 1.54) is 22.6 Å². The molecule has 8 nitrogen and oxygen atoms in total. The van der Waals surface area contributed by atoms with Gasteiger partial charge in [0.05, 0.1) is 18.7 Å². The maximum absolute atomic E-state index is 14.0. The third-order valence-corrected chi connectivity index (χ3v) is 5.83. The van der Waals surface area contributed by atoms with Crippen LogP contribution in [0.15, 0.2) is 23.1 Å². The molecule has 2 aliphatic heterocycles. The van der Waals surface area contributed by atoms with Gasteiger partial charge in [0.2, 0.25) is 5.43 Å². The number of aryl methyl sites for hydroxylation is 1. The number of halogens is 2. The summed E-state index contributed by atoms with van der Waals surface area (Å²) in [6.07, 6.45) is 1.74. The van der Waals surface area contributed by atoms with Gasteiger partial charge in [0.1, 0.15) is 17.2 Å². The number of ether oxygens (including phenoxy) is 1. The number of carbonyl (C=O) groups excluding carboxylic acids is 2. The minimum absolute atomic E-state index is 0.192. The van der Waals surface area contributed by atoms with Gasteiger partial charge in [0, 0.05) is 32.0 Å². The Balaban J connectivity index is 1.69. The van der Waals surface area contributed by atoms with Gasteiger partial charge in [-0.2, -0.15) is 0 Å². The number of aromatic hydroxyl groups is 1. The van der Waals surface area contributed by atoms with E-state index in [4.69, 9.17) is 4.74 Å². The predicted molar refractivity (Wildman–Crippen MR) is 105 cm³/mol. The van der Waals surface area contributed by atoms with Crippen LogP contribution < -0.4 is 10.7 Å². The van der Waals surface area contributed by atoms with E-state index >= 15 is 0 Å². The number of amides is 2. The van der Waals surface area contributed by atoms with Crippen LogP contribution in [-0.4, -0.2) is 52.7 Å². The van der Waals surface area contributed by atoms with Crippen LogP contribution in [0.1, 0.15) is 44.4 Å². The van der Waals surface area contributed by atoms with E-state index in [0.717, 1.165) is 12.1 Å². The highest BCUT2D eigenvalue weighted by atomic mass is 19.1. The van der Waals surface area contributed by atoms with Crippen LogP contribution >= 0.6 is 0 Å². The number of nitrogens with one attached hydrogen (secondary N) is 1. The first-order chi connectivity index (χ1) is 14.7. The standard InChI is InChI=1S/C21H21F2N3O5/c1-10-5-13(22)11(14(23)6-10)7-24-20(29)12-8-26-15-3-4-31-9-16(15)25(2)21(30)17(26)19(28)18(12)27/h5-6,8,15-16,28H,3-4,7,9H2,1-2H3,(H,24,29)/t15-,16+/m0/s1. The molecule has 4 rings (SSSR count). The number of rotatable bonds is 3. The molecule has 10 heteroatoms. The number of fused-ring (bicyclic) bond motifs is 3. The molecule has 3 heterocycles. The van der Waals surface area contributed by atoms with Gasteiger partial charge in [0.15, 0.2) is 11.4 Å². The van der Waals surface area contributed by atoms with Crippen molar-refractivity contribution in [3.63, 3.8) is 0 Å². The zero-order valence-corrected chi connectivity index (χ0v) is 16.9. The Morgan fingerprint density at radius 2 is 1.94 bits per heavy atom. The van der Waals surface area contributed by atoms with Crippen molar-refractivity contribution in [2.75, 3.05) is 20.3 Å². The Labute approximate surface area is 176 Å². The third kappa shape index (κ3) is 3.46. The van der Waals surface area contributed by atoms with Crippen LogP contribution in [0.5, 0.6) is 5.75 Å². The summed E-state index contributed by atoms with van der Waals surface area (Å²) in [5.74, 6) is -3.94. The summed E-state index contributed by atoms with van der Waals surface area (Å²) in [5, 5.41) is 12.8. The van der Waals surface area contributed by atoms with Crippen molar-refractivity contribution in [1.82, 2.24) is 14.8 Å². The third-order valence-electron chi connectivity index (χ3n) is 5.83. The molecule has 2 N–H and O–H groups in total. The van der Waals surface area contributed by atoms with Crippen molar-refractivity contribution in [3.05, 3.63) is 62.6 Å². The van der Waals surface area contributed by atoms with Gasteiger partial charge in [-0.15, -0.1) is 0 Å². The predicted octanol–water partition coefficient (Wildman–Crippen LogP) is 1.49. The summed E-state index contributed by atoms with van der Waals surface area (Å²) < 4.78 is 35.0. The van der Waals surface area contributed by atoms with Crippen molar-refractivity contribution in [3.8, 4) is 5.75 Å². The highest BCUT2D eigenvalue weighted by Crippen LogP contribution is 2.34. The average Bonchev–Trinajstić information content (AvgIpc) is 2.73. The SMILES string of the molecule is Cc1cc(F)c(CNC(=O)c2cn3c(c(O)c2=O)C(=O)N(C)[C@@H]2COCC[C@@H]23)c(F)c1. The first kappa shape index (κ1) is 21.0. The minimum Gasteiger partial charge on any atom is -0.503 e. The van der Waals surface area contributed by atoms with Crippen LogP contribution in [0.4, 0.5) is 8.78 Å². The first-order valence-corrected chi connectivity index (χ1v) is 9.76. The summed E-state index contributed by atoms with van der Waals surface area (Å²) >= 11 is 0. The van der Waals surface area contributed by atoms with E-state index in [2.05, 4.69) is 5.32 Å². The summed E-state index contributed by atoms with van der Waals surface area (Å²) in [7, 11) is 1.56. The van der Waals surface area contributed by atoms with Crippen LogP contribution in [0.2, 0.25) is 0 Å².